The Labute approximate surface area is 214 Å². The monoisotopic (exact) mass is 517 g/mol. The zero-order valence-corrected chi connectivity index (χ0v) is 22.0. The number of aromatic amines is 1. The predicted octanol–water partition coefficient (Wildman–Crippen LogP) is 4.71. The van der Waals surface area contributed by atoms with Gasteiger partial charge in [-0.25, -0.2) is 4.98 Å². The normalized spacial score (nSPS) is 16.2. The number of rotatable bonds is 11. The van der Waals surface area contributed by atoms with Gasteiger partial charge in [0.1, 0.15) is 22.6 Å². The molecule has 0 bridgehead atoms. The number of pyridine rings is 1. The highest BCUT2D eigenvalue weighted by atomic mass is 32.2. The molecule has 0 spiro atoms. The number of aliphatic imine (C=N–C) groups is 1. The molecule has 0 amide bonds. The number of fused-ring (bicyclic) bond motifs is 1. The molecular weight excluding hydrogens is 486 g/mol. The van der Waals surface area contributed by atoms with Crippen molar-refractivity contribution in [2.45, 2.75) is 42.1 Å². The Balaban J connectivity index is 1.65. The molecule has 0 saturated carbocycles. The van der Waals surface area contributed by atoms with E-state index < -0.39 is 5.60 Å². The molecule has 1 unspecified atom stereocenters. The second kappa shape index (κ2) is 11.2. The highest BCUT2D eigenvalue weighted by Gasteiger charge is 2.28. The molecule has 0 fully saturated rings. The lowest BCUT2D eigenvalue weighted by molar-refractivity contribution is 0.0251. The van der Waals surface area contributed by atoms with Crippen molar-refractivity contribution >= 4 is 40.3 Å². The van der Waals surface area contributed by atoms with Gasteiger partial charge in [-0.15, -0.1) is 12.6 Å². The van der Waals surface area contributed by atoms with E-state index in [-0.39, 0.29) is 11.4 Å². The van der Waals surface area contributed by atoms with Crippen LogP contribution in [0.25, 0.3) is 10.9 Å². The first-order valence-electron chi connectivity index (χ1n) is 11.3. The van der Waals surface area contributed by atoms with Gasteiger partial charge in [0.05, 0.1) is 36.6 Å². The summed E-state index contributed by atoms with van der Waals surface area (Å²) in [5.41, 5.74) is 1.00. The molecule has 1 aromatic carbocycles. The minimum atomic E-state index is -0.729. The summed E-state index contributed by atoms with van der Waals surface area (Å²) in [6, 6.07) is 9.40. The quantitative estimate of drug-likeness (QED) is 0.317. The van der Waals surface area contributed by atoms with Crippen LogP contribution >= 0.6 is 24.4 Å². The van der Waals surface area contributed by atoms with Gasteiger partial charge in [-0.1, -0.05) is 11.8 Å². The lowest BCUT2D eigenvalue weighted by atomic mass is 10.0. The van der Waals surface area contributed by atoms with Crippen molar-refractivity contribution in [3.8, 4) is 17.4 Å². The van der Waals surface area contributed by atoms with E-state index in [0.29, 0.717) is 43.6 Å². The molecule has 1 aliphatic heterocycles. The molecule has 1 atom stereocenters. The lowest BCUT2D eigenvalue weighted by Gasteiger charge is -2.20. The number of thioether (sulfide) groups is 1. The van der Waals surface area contributed by atoms with Crippen LogP contribution in [0.3, 0.4) is 0 Å². The molecule has 2 aromatic heterocycles. The number of benzene rings is 1. The number of aliphatic hydroxyl groups is 1. The highest BCUT2D eigenvalue weighted by Crippen LogP contribution is 2.37. The zero-order valence-electron chi connectivity index (χ0n) is 20.3. The maximum Gasteiger partial charge on any atom is 0.219 e. The summed E-state index contributed by atoms with van der Waals surface area (Å²) in [5, 5.41) is 12.3. The van der Waals surface area contributed by atoms with Crippen LogP contribution in [0.2, 0.25) is 0 Å². The van der Waals surface area contributed by atoms with E-state index in [1.807, 2.05) is 38.1 Å². The third kappa shape index (κ3) is 6.92. The van der Waals surface area contributed by atoms with Crippen LogP contribution in [0.4, 0.5) is 0 Å². The summed E-state index contributed by atoms with van der Waals surface area (Å²) >= 11 is 5.96. The van der Waals surface area contributed by atoms with E-state index in [1.165, 1.54) is 0 Å². The first-order valence-corrected chi connectivity index (χ1v) is 12.6. The average Bonchev–Trinajstić information content (AvgIpc) is 3.41. The predicted molar refractivity (Wildman–Crippen MR) is 142 cm³/mol. The Kier molecular flexibility index (Phi) is 8.28. The maximum atomic E-state index is 10.2. The fraction of sp³-hybridized carbons (Fsp3) is 0.440. The molecule has 0 saturated heterocycles. The lowest BCUT2D eigenvalue weighted by Crippen LogP contribution is -2.27. The first kappa shape index (κ1) is 25.8. The zero-order chi connectivity index (χ0) is 25.0. The Morgan fingerprint density at radius 1 is 1.20 bits per heavy atom. The molecule has 35 heavy (non-hydrogen) atoms. The van der Waals surface area contributed by atoms with Crippen molar-refractivity contribution in [2.75, 3.05) is 34.0 Å². The van der Waals surface area contributed by atoms with Gasteiger partial charge in [-0.3, -0.25) is 4.99 Å². The Hall–Kier alpha value is -2.24. The van der Waals surface area contributed by atoms with Crippen LogP contribution in [0, 0.1) is 0 Å². The van der Waals surface area contributed by atoms with E-state index in [9.17, 15) is 5.11 Å². The summed E-state index contributed by atoms with van der Waals surface area (Å²) in [7, 11) is 3.26. The fourth-order valence-electron chi connectivity index (χ4n) is 3.90. The number of hydrogen-bond donors (Lipinski definition) is 3. The van der Waals surface area contributed by atoms with Crippen molar-refractivity contribution in [3.63, 3.8) is 0 Å². The van der Waals surface area contributed by atoms with Crippen LogP contribution in [0.15, 0.2) is 46.4 Å². The van der Waals surface area contributed by atoms with Crippen LogP contribution in [0.1, 0.15) is 26.0 Å². The molecule has 8 nitrogen and oxygen atoms in total. The number of aromatic nitrogens is 2. The molecular formula is C25H31N3O5S2. The van der Waals surface area contributed by atoms with Crippen molar-refractivity contribution in [2.24, 2.45) is 4.99 Å². The van der Waals surface area contributed by atoms with E-state index in [2.05, 4.69) is 22.6 Å². The second-order valence-electron chi connectivity index (χ2n) is 9.08. The van der Waals surface area contributed by atoms with Gasteiger partial charge in [0.25, 0.3) is 0 Å². The number of hydrogen-bond acceptors (Lipinski definition) is 9. The molecule has 0 radical (unpaired) electrons. The SMILES string of the molecule is COCC(COC)Oc1cc(Oc2ccc(S)cn2)cc2cc(C3=NCC(CC(C)(C)O)S3)[nH]c12. The van der Waals surface area contributed by atoms with Crippen molar-refractivity contribution in [1.82, 2.24) is 9.97 Å². The average molecular weight is 518 g/mol. The molecule has 1 aliphatic rings. The summed E-state index contributed by atoms with van der Waals surface area (Å²) in [4.78, 5) is 13.2. The van der Waals surface area contributed by atoms with Gasteiger partial charge in [-0.2, -0.15) is 0 Å². The number of nitrogens with one attached hydrogen (secondary N) is 1. The van der Waals surface area contributed by atoms with Gasteiger partial charge in [0.2, 0.25) is 5.88 Å². The van der Waals surface area contributed by atoms with Gasteiger partial charge in [0, 0.05) is 48.1 Å². The molecule has 0 aliphatic carbocycles. The molecule has 10 heteroatoms. The van der Waals surface area contributed by atoms with E-state index in [1.54, 1.807) is 38.2 Å². The number of methoxy groups -OCH3 is 2. The summed E-state index contributed by atoms with van der Waals surface area (Å²) in [5.74, 6) is 1.66. The van der Waals surface area contributed by atoms with Crippen LogP contribution < -0.4 is 9.47 Å². The number of thiol groups is 1. The highest BCUT2D eigenvalue weighted by molar-refractivity contribution is 8.15. The van der Waals surface area contributed by atoms with Gasteiger partial charge < -0.3 is 29.0 Å². The van der Waals surface area contributed by atoms with Crippen LogP contribution in [-0.2, 0) is 9.47 Å². The van der Waals surface area contributed by atoms with Crippen molar-refractivity contribution in [3.05, 3.63) is 42.2 Å². The maximum absolute atomic E-state index is 10.2. The largest absolute Gasteiger partial charge is 0.483 e. The van der Waals surface area contributed by atoms with Gasteiger partial charge in [0.15, 0.2) is 0 Å². The van der Waals surface area contributed by atoms with Gasteiger partial charge >= 0.3 is 0 Å². The third-order valence-corrected chi connectivity index (χ3v) is 6.77. The summed E-state index contributed by atoms with van der Waals surface area (Å²) in [6.45, 7) is 5.08. The minimum Gasteiger partial charge on any atom is -0.483 e. The summed E-state index contributed by atoms with van der Waals surface area (Å²) < 4.78 is 22.9. The fourth-order valence-corrected chi connectivity index (χ4v) is 5.38. The van der Waals surface area contributed by atoms with E-state index in [4.69, 9.17) is 23.9 Å². The summed E-state index contributed by atoms with van der Waals surface area (Å²) in [6.07, 6.45) is 2.01. The van der Waals surface area contributed by atoms with Gasteiger partial charge in [-0.05, 0) is 38.5 Å². The first-order chi connectivity index (χ1) is 16.7. The Bertz CT molecular complexity index is 1170. The molecule has 3 aromatic rings. The van der Waals surface area contributed by atoms with Crippen molar-refractivity contribution < 1.29 is 24.1 Å². The van der Waals surface area contributed by atoms with E-state index in [0.717, 1.165) is 26.5 Å². The Morgan fingerprint density at radius 2 is 1.97 bits per heavy atom. The minimum absolute atomic E-state index is 0.236. The molecule has 4 rings (SSSR count). The molecule has 188 valence electrons. The van der Waals surface area contributed by atoms with Crippen LogP contribution in [0.5, 0.6) is 17.4 Å². The van der Waals surface area contributed by atoms with Crippen molar-refractivity contribution in [1.29, 1.82) is 0 Å². The molecule has 2 N–H and O–H groups in total. The standard InChI is InChI=1S/C25H31N3O5S2/c1-25(2,29)10-19-12-27-24(35-19)20-8-15-7-16(33-22-6-5-18(34)11-26-22)9-21(23(15)28-20)32-17(13-30-3)14-31-4/h5-9,11,17,19,28-29,34H,10,12-14H2,1-4H3. The third-order valence-electron chi connectivity index (χ3n) is 5.28. The smallest absolute Gasteiger partial charge is 0.219 e. The number of H-pyrrole nitrogens is 1. The Morgan fingerprint density at radius 3 is 2.63 bits per heavy atom. The topological polar surface area (TPSA) is 98.2 Å². The second-order valence-corrected chi connectivity index (χ2v) is 10.9. The molecule has 3 heterocycles. The van der Waals surface area contributed by atoms with Crippen LogP contribution in [-0.4, -0.2) is 71.1 Å². The number of nitrogens with zero attached hydrogens (tertiary/aromatic N) is 2. The van der Waals surface area contributed by atoms with E-state index >= 15 is 0 Å². The number of ether oxygens (including phenoxy) is 4.